The molecule has 10 nitrogen and oxygen atoms in total. The highest BCUT2D eigenvalue weighted by Crippen LogP contribution is 2.40. The van der Waals surface area contributed by atoms with Gasteiger partial charge in [-0.3, -0.25) is 4.57 Å². The molecule has 0 atom stereocenters. The summed E-state index contributed by atoms with van der Waals surface area (Å²) < 4.78 is 34.0. The van der Waals surface area contributed by atoms with Crippen LogP contribution < -0.4 is 9.47 Å². The normalized spacial score (nSPS) is 14.1. The Bertz CT molecular complexity index is 1580. The third kappa shape index (κ3) is 3.43. The fourth-order valence-electron chi connectivity index (χ4n) is 4.42. The summed E-state index contributed by atoms with van der Waals surface area (Å²) in [7, 11) is 1.62. The van der Waals surface area contributed by atoms with Crippen molar-refractivity contribution in [3.8, 4) is 34.4 Å². The van der Waals surface area contributed by atoms with Crippen LogP contribution in [0.1, 0.15) is 41.7 Å². The Morgan fingerprint density at radius 1 is 1.06 bits per heavy atom. The minimum atomic E-state index is -0.322. The van der Waals surface area contributed by atoms with Crippen molar-refractivity contribution in [2.45, 2.75) is 31.8 Å². The van der Waals surface area contributed by atoms with Crippen LogP contribution in [0.3, 0.4) is 0 Å². The second kappa shape index (κ2) is 8.01. The lowest BCUT2D eigenvalue weighted by Crippen LogP contribution is -2.06. The first-order valence-corrected chi connectivity index (χ1v) is 11.6. The van der Waals surface area contributed by atoms with E-state index in [1.54, 1.807) is 30.3 Å². The smallest absolute Gasteiger partial charge is 0.230 e. The van der Waals surface area contributed by atoms with E-state index in [4.69, 9.17) is 14.0 Å². The van der Waals surface area contributed by atoms with Gasteiger partial charge in [0.1, 0.15) is 41.6 Å². The van der Waals surface area contributed by atoms with Gasteiger partial charge in [0, 0.05) is 18.4 Å². The van der Waals surface area contributed by atoms with Crippen molar-refractivity contribution in [2.75, 3.05) is 7.11 Å². The zero-order valence-corrected chi connectivity index (χ0v) is 19.3. The molecule has 2 aliphatic rings. The number of rotatable bonds is 6. The van der Waals surface area contributed by atoms with Crippen LogP contribution in [0.25, 0.3) is 22.9 Å². The van der Waals surface area contributed by atoms with Crippen LogP contribution in [0.2, 0.25) is 0 Å². The molecule has 5 aromatic rings. The minimum absolute atomic E-state index is 0.164. The molecule has 0 spiro atoms. The third-order valence-corrected chi connectivity index (χ3v) is 6.48. The first-order chi connectivity index (χ1) is 17.7. The Morgan fingerprint density at radius 3 is 2.69 bits per heavy atom. The van der Waals surface area contributed by atoms with E-state index in [0.29, 0.717) is 46.9 Å². The molecule has 0 unspecified atom stereocenters. The topological polar surface area (TPSA) is 106 Å². The van der Waals surface area contributed by atoms with Crippen LogP contribution in [0.15, 0.2) is 53.3 Å². The molecule has 7 rings (SSSR count). The Labute approximate surface area is 204 Å². The van der Waals surface area contributed by atoms with E-state index in [1.165, 1.54) is 12.1 Å². The fourth-order valence-corrected chi connectivity index (χ4v) is 4.42. The van der Waals surface area contributed by atoms with Gasteiger partial charge < -0.3 is 14.0 Å². The number of imidazole rings is 1. The summed E-state index contributed by atoms with van der Waals surface area (Å²) in [6, 6.07) is 11.6. The highest BCUT2D eigenvalue weighted by Gasteiger charge is 2.32. The van der Waals surface area contributed by atoms with Crippen LogP contribution in [-0.2, 0) is 13.0 Å². The molecule has 36 heavy (non-hydrogen) atoms. The Morgan fingerprint density at radius 2 is 1.89 bits per heavy atom. The van der Waals surface area contributed by atoms with Gasteiger partial charge in [-0.25, -0.2) is 14.1 Å². The average molecular weight is 485 g/mol. The summed E-state index contributed by atoms with van der Waals surface area (Å²) in [6.07, 6.45) is 4.35. The van der Waals surface area contributed by atoms with Gasteiger partial charge in [-0.1, -0.05) is 10.4 Å². The number of aromatic nitrogens is 7. The molecular weight excluding hydrogens is 465 g/mol. The molecule has 1 saturated carbocycles. The SMILES string of the molecule is COc1ccc2c(c1)-n1nnc(COc3ccc(F)cc3)c1Cc1c(-c3noc(C4CC4)n3)ncn1-2. The first-order valence-electron chi connectivity index (χ1n) is 11.6. The number of hydrogen-bond donors (Lipinski definition) is 0. The Kier molecular flexibility index (Phi) is 4.63. The van der Waals surface area contributed by atoms with Gasteiger partial charge in [0.05, 0.1) is 29.9 Å². The van der Waals surface area contributed by atoms with Crippen LogP contribution in [0, 0.1) is 5.82 Å². The number of ether oxygens (including phenoxy) is 2. The molecule has 1 aliphatic heterocycles. The molecule has 1 aliphatic carbocycles. The molecular formula is C25H20FN7O3. The molecule has 4 heterocycles. The van der Waals surface area contributed by atoms with E-state index < -0.39 is 0 Å². The summed E-state index contributed by atoms with van der Waals surface area (Å²) in [6.45, 7) is 0.164. The lowest BCUT2D eigenvalue weighted by Gasteiger charge is -2.11. The fraction of sp³-hybridized carbons (Fsp3) is 0.240. The summed E-state index contributed by atoms with van der Waals surface area (Å²) in [5, 5.41) is 13.1. The van der Waals surface area contributed by atoms with Crippen LogP contribution in [-0.4, -0.2) is 41.8 Å². The van der Waals surface area contributed by atoms with Crippen molar-refractivity contribution in [1.29, 1.82) is 0 Å². The first kappa shape index (κ1) is 20.8. The molecule has 180 valence electrons. The standard InChI is InChI=1S/C25H20FN7O3/c1-34-17-8-9-19-21(10-17)33-20(18(29-31-33)12-35-16-6-4-15(26)5-7-16)11-22-23(27-13-32(19)22)24-28-25(36-30-24)14-2-3-14/h4-10,13-14H,2-3,11-12H2,1H3. The zero-order valence-electron chi connectivity index (χ0n) is 19.3. The molecule has 1 fully saturated rings. The van der Waals surface area contributed by atoms with E-state index in [-0.39, 0.29) is 12.4 Å². The van der Waals surface area contributed by atoms with Crippen molar-refractivity contribution in [2.24, 2.45) is 0 Å². The van der Waals surface area contributed by atoms with Gasteiger partial charge in [-0.05, 0) is 49.2 Å². The van der Waals surface area contributed by atoms with Crippen molar-refractivity contribution >= 4 is 0 Å². The van der Waals surface area contributed by atoms with Crippen LogP contribution in [0.4, 0.5) is 4.39 Å². The lowest BCUT2D eigenvalue weighted by molar-refractivity contribution is 0.299. The molecule has 0 amide bonds. The molecule has 3 aromatic heterocycles. The number of hydrogen-bond acceptors (Lipinski definition) is 8. The van der Waals surface area contributed by atoms with Crippen molar-refractivity contribution in [1.82, 2.24) is 34.7 Å². The molecule has 0 saturated heterocycles. The van der Waals surface area contributed by atoms with E-state index in [0.717, 1.165) is 35.6 Å². The van der Waals surface area contributed by atoms with Gasteiger partial charge >= 0.3 is 0 Å². The minimum Gasteiger partial charge on any atom is -0.497 e. The average Bonchev–Trinajstić information content (AvgIpc) is 3.33. The molecule has 11 heteroatoms. The van der Waals surface area contributed by atoms with Crippen molar-refractivity contribution in [3.63, 3.8) is 0 Å². The van der Waals surface area contributed by atoms with E-state index in [1.807, 2.05) is 22.8 Å². The third-order valence-electron chi connectivity index (χ3n) is 6.48. The number of nitrogens with zero attached hydrogens (tertiary/aromatic N) is 7. The lowest BCUT2D eigenvalue weighted by atomic mass is 10.1. The maximum absolute atomic E-state index is 13.3. The van der Waals surface area contributed by atoms with E-state index >= 15 is 0 Å². The predicted octanol–water partition coefficient (Wildman–Crippen LogP) is 4.01. The second-order valence-electron chi connectivity index (χ2n) is 8.81. The van der Waals surface area contributed by atoms with Gasteiger partial charge in [0.2, 0.25) is 11.7 Å². The molecule has 0 N–H and O–H groups in total. The number of methoxy groups -OCH3 is 1. The maximum atomic E-state index is 13.3. The van der Waals surface area contributed by atoms with Crippen LogP contribution >= 0.6 is 0 Å². The monoisotopic (exact) mass is 485 g/mol. The molecule has 2 aromatic carbocycles. The van der Waals surface area contributed by atoms with E-state index in [2.05, 4.69) is 25.4 Å². The highest BCUT2D eigenvalue weighted by molar-refractivity contribution is 5.63. The highest BCUT2D eigenvalue weighted by atomic mass is 19.1. The Balaban J connectivity index is 1.33. The summed E-state index contributed by atoms with van der Waals surface area (Å²) >= 11 is 0. The maximum Gasteiger partial charge on any atom is 0.230 e. The van der Waals surface area contributed by atoms with Gasteiger partial charge in [-0.2, -0.15) is 4.98 Å². The summed E-state index contributed by atoms with van der Waals surface area (Å²) in [5.41, 5.74) is 4.67. The number of fused-ring (bicyclic) bond motifs is 5. The van der Waals surface area contributed by atoms with Gasteiger partial charge in [0.25, 0.3) is 0 Å². The predicted molar refractivity (Wildman–Crippen MR) is 124 cm³/mol. The summed E-state index contributed by atoms with van der Waals surface area (Å²) in [5.74, 6) is 2.38. The molecule has 0 radical (unpaired) electrons. The van der Waals surface area contributed by atoms with Gasteiger partial charge in [-0.15, -0.1) is 5.10 Å². The molecule has 0 bridgehead atoms. The largest absolute Gasteiger partial charge is 0.497 e. The van der Waals surface area contributed by atoms with Gasteiger partial charge in [0.15, 0.2) is 0 Å². The van der Waals surface area contributed by atoms with Crippen LogP contribution in [0.5, 0.6) is 11.5 Å². The Hall–Kier alpha value is -4.54. The number of benzene rings is 2. The number of halogens is 1. The zero-order chi connectivity index (χ0) is 24.2. The quantitative estimate of drug-likeness (QED) is 0.348. The van der Waals surface area contributed by atoms with Crippen molar-refractivity contribution in [3.05, 3.63) is 77.6 Å². The van der Waals surface area contributed by atoms with E-state index in [9.17, 15) is 4.39 Å². The summed E-state index contributed by atoms with van der Waals surface area (Å²) in [4.78, 5) is 9.28. The second-order valence-corrected chi connectivity index (χ2v) is 8.81. The van der Waals surface area contributed by atoms with Crippen molar-refractivity contribution < 1.29 is 18.4 Å².